The quantitative estimate of drug-likeness (QED) is 0.0105. The van der Waals surface area contributed by atoms with Gasteiger partial charge >= 0.3 is 18.0 Å². The average molecular weight is 1350 g/mol. The van der Waals surface area contributed by atoms with Gasteiger partial charge in [-0.15, -0.1) is 0 Å². The number of nitrogens with one attached hydrogen (secondary N) is 7. The van der Waals surface area contributed by atoms with Crippen molar-refractivity contribution >= 4 is 73.6 Å². The zero-order chi connectivity index (χ0) is 70.0. The second-order valence-corrected chi connectivity index (χ2v) is 27.0. The number of rotatable bonds is 30. The molecule has 0 bridgehead atoms. The standard InChI is InChI=1S/C66H84N10O17S2/c1-39-29-53(89-10)41(3)43(5)58(39)94(85,86)71-33-45-24-26-46(27-25-45)36-76-52(34-69-61(81)50(32-56(78)93-66(7,8)9)74-65(84)92-38-48-21-16-13-17-22-48)62(82)73-51(63(76)83)31-55(77)72-49(60(80)70-35-57(79)91-37-47-19-14-12-15-20-47)23-18-28-68-64(67)75-95(87,88)59-40(2)30-54(90-11)42(4)44(59)6/h12-17,19-22,24-27,29-30,49-52,71H,18,23,28,31-38H2,1-11H3,(H,69,81)(H,70,80)(H,72,77)(H,73,82)(H,74,84)(H3,67,68,75)/t49-,50-,51+,52-/m0/s1. The third kappa shape index (κ3) is 21.5. The summed E-state index contributed by atoms with van der Waals surface area (Å²) in [5, 5.41) is 12.6. The molecule has 9 N–H and O–H groups in total. The summed E-state index contributed by atoms with van der Waals surface area (Å²) in [6, 6.07) is 20.9. The second-order valence-electron chi connectivity index (χ2n) is 23.6. The van der Waals surface area contributed by atoms with Gasteiger partial charge < -0.3 is 60.9 Å². The van der Waals surface area contributed by atoms with Crippen molar-refractivity contribution in [3.05, 3.63) is 153 Å². The summed E-state index contributed by atoms with van der Waals surface area (Å²) in [4.78, 5) is 116. The van der Waals surface area contributed by atoms with Crippen molar-refractivity contribution < 1.29 is 78.9 Å². The van der Waals surface area contributed by atoms with E-state index in [0.717, 1.165) is 4.90 Å². The number of ether oxygens (including phenoxy) is 5. The number of hydrogen-bond acceptors (Lipinski definition) is 18. The third-order valence-corrected chi connectivity index (χ3v) is 18.6. The van der Waals surface area contributed by atoms with E-state index in [0.29, 0.717) is 67.1 Å². The van der Waals surface area contributed by atoms with Crippen molar-refractivity contribution in [1.29, 1.82) is 0 Å². The highest BCUT2D eigenvalue weighted by Gasteiger charge is 2.42. The first-order chi connectivity index (χ1) is 44.8. The molecule has 0 unspecified atom stereocenters. The molecule has 0 radical (unpaired) electrons. The van der Waals surface area contributed by atoms with Crippen LogP contribution in [0.2, 0.25) is 0 Å². The van der Waals surface area contributed by atoms with Gasteiger partial charge in [0.15, 0.2) is 0 Å². The smallest absolute Gasteiger partial charge is 0.408 e. The van der Waals surface area contributed by atoms with E-state index < -0.39 is 129 Å². The van der Waals surface area contributed by atoms with Gasteiger partial charge in [0.25, 0.3) is 10.0 Å². The van der Waals surface area contributed by atoms with Gasteiger partial charge in [0.05, 0.1) is 36.9 Å². The lowest BCUT2D eigenvalue weighted by Gasteiger charge is -2.39. The molecule has 1 saturated heterocycles. The zero-order valence-corrected chi connectivity index (χ0v) is 56.7. The molecule has 29 heteroatoms. The minimum Gasteiger partial charge on any atom is -0.496 e. The molecule has 6 rings (SSSR count). The number of aliphatic imine (C=N–C) groups is 1. The number of esters is 2. The van der Waals surface area contributed by atoms with Gasteiger partial charge in [-0.05, 0) is 143 Å². The van der Waals surface area contributed by atoms with E-state index in [2.05, 4.69) is 41.0 Å². The Morgan fingerprint density at radius 2 is 1.20 bits per heavy atom. The van der Waals surface area contributed by atoms with Crippen LogP contribution < -0.4 is 51.2 Å². The summed E-state index contributed by atoms with van der Waals surface area (Å²) in [6.07, 6.45) is -2.67. The Kier molecular flexibility index (Phi) is 26.2. The molecule has 512 valence electrons. The maximum atomic E-state index is 14.8. The molecule has 5 aromatic rings. The molecule has 4 atom stereocenters. The van der Waals surface area contributed by atoms with E-state index in [1.165, 1.54) is 14.2 Å². The number of carbonyl (C=O) groups is 8. The summed E-state index contributed by atoms with van der Waals surface area (Å²) in [6.45, 7) is 12.7. The first-order valence-electron chi connectivity index (χ1n) is 30.3. The maximum absolute atomic E-state index is 14.8. The van der Waals surface area contributed by atoms with Crippen LogP contribution in [0.5, 0.6) is 11.5 Å². The third-order valence-electron chi connectivity index (χ3n) is 15.3. The molecule has 0 spiro atoms. The number of amides is 6. The van der Waals surface area contributed by atoms with Gasteiger partial charge in [0.1, 0.15) is 61.0 Å². The lowest BCUT2D eigenvalue weighted by atomic mass is 10.0. The molecular formula is C66H84N10O17S2. The van der Waals surface area contributed by atoms with Crippen molar-refractivity contribution in [2.45, 2.75) is 154 Å². The number of benzene rings is 5. The molecule has 5 aromatic carbocycles. The second kappa shape index (κ2) is 33.5. The summed E-state index contributed by atoms with van der Waals surface area (Å²) in [5.74, 6) is -5.53. The Balaban J connectivity index is 1.22. The van der Waals surface area contributed by atoms with E-state index >= 15 is 0 Å². The SMILES string of the molecule is COc1cc(C)c(S(=O)(=O)NCc2ccc(CN3C(=O)[C@@H](CC(=O)N[C@@H](CCCN=C(N)NS(=O)(=O)c4c(C)cc(OC)c(C)c4C)C(=O)NCC(=O)OCc4ccccc4)NC(=O)[C@@H]3CNC(=O)[C@H](CC(=O)OC(C)(C)C)NC(=O)OCc3ccccc3)cc2)c(C)c1C. The summed E-state index contributed by atoms with van der Waals surface area (Å²) in [7, 11) is -5.34. The van der Waals surface area contributed by atoms with Crippen LogP contribution in [-0.4, -0.2) is 139 Å². The van der Waals surface area contributed by atoms with Gasteiger partial charge in [-0.2, -0.15) is 0 Å². The van der Waals surface area contributed by atoms with Crippen molar-refractivity contribution in [2.24, 2.45) is 10.7 Å². The Morgan fingerprint density at radius 1 is 0.663 bits per heavy atom. The molecule has 27 nitrogen and oxygen atoms in total. The molecular weight excluding hydrogens is 1270 g/mol. The molecule has 0 aromatic heterocycles. The monoisotopic (exact) mass is 1350 g/mol. The van der Waals surface area contributed by atoms with Crippen LogP contribution in [0.1, 0.15) is 102 Å². The number of aryl methyl sites for hydroxylation is 2. The highest BCUT2D eigenvalue weighted by Crippen LogP contribution is 2.32. The molecule has 0 aliphatic carbocycles. The first-order valence-corrected chi connectivity index (χ1v) is 33.3. The Hall–Kier alpha value is -9.61. The average Bonchev–Trinajstić information content (AvgIpc) is 0.797. The van der Waals surface area contributed by atoms with E-state index in [-0.39, 0.29) is 55.5 Å². The van der Waals surface area contributed by atoms with Crippen LogP contribution in [0.4, 0.5) is 4.79 Å². The van der Waals surface area contributed by atoms with Crippen LogP contribution in [0.15, 0.2) is 112 Å². The van der Waals surface area contributed by atoms with Crippen LogP contribution in [-0.2, 0) is 94.1 Å². The predicted octanol–water partition coefficient (Wildman–Crippen LogP) is 4.18. The number of piperazine rings is 1. The summed E-state index contributed by atoms with van der Waals surface area (Å²) >= 11 is 0. The van der Waals surface area contributed by atoms with Crippen molar-refractivity contribution in [3.63, 3.8) is 0 Å². The summed E-state index contributed by atoms with van der Waals surface area (Å²) < 4.78 is 86.4. The van der Waals surface area contributed by atoms with E-state index in [9.17, 15) is 55.2 Å². The minimum atomic E-state index is -4.25. The van der Waals surface area contributed by atoms with E-state index in [4.69, 9.17) is 29.4 Å². The van der Waals surface area contributed by atoms with Gasteiger partial charge in [0, 0.05) is 26.2 Å². The van der Waals surface area contributed by atoms with Crippen LogP contribution >= 0.6 is 0 Å². The van der Waals surface area contributed by atoms with Crippen molar-refractivity contribution in [2.75, 3.05) is 33.9 Å². The molecule has 1 aliphatic rings. The fraction of sp³-hybridized carbons (Fsp3) is 0.409. The zero-order valence-electron chi connectivity index (χ0n) is 55.1. The molecule has 1 heterocycles. The van der Waals surface area contributed by atoms with Crippen molar-refractivity contribution in [3.8, 4) is 11.5 Å². The van der Waals surface area contributed by atoms with Gasteiger partial charge in [-0.1, -0.05) is 84.9 Å². The normalized spacial score (nSPS) is 14.9. The summed E-state index contributed by atoms with van der Waals surface area (Å²) in [5.41, 5.74) is 10.4. The number of guanidine groups is 1. The number of alkyl carbamates (subject to hydrolysis) is 1. The van der Waals surface area contributed by atoms with Crippen LogP contribution in [0, 0.1) is 41.5 Å². The molecule has 1 fully saturated rings. The molecule has 95 heavy (non-hydrogen) atoms. The van der Waals surface area contributed by atoms with Crippen LogP contribution in [0.3, 0.4) is 0 Å². The first kappa shape index (κ1) is 74.4. The fourth-order valence-electron chi connectivity index (χ4n) is 10.3. The topological polar surface area (TPSA) is 377 Å². The number of carbonyl (C=O) groups excluding carboxylic acids is 8. The Morgan fingerprint density at radius 3 is 1.76 bits per heavy atom. The lowest BCUT2D eigenvalue weighted by molar-refractivity contribution is -0.156. The Labute approximate surface area is 553 Å². The van der Waals surface area contributed by atoms with Crippen molar-refractivity contribution in [1.82, 2.24) is 40.9 Å². The molecule has 0 saturated carbocycles. The predicted molar refractivity (Wildman–Crippen MR) is 350 cm³/mol. The number of hydrogen-bond donors (Lipinski definition) is 8. The number of methoxy groups -OCH3 is 2. The van der Waals surface area contributed by atoms with E-state index in [1.54, 1.807) is 159 Å². The van der Waals surface area contributed by atoms with Gasteiger partial charge in [0.2, 0.25) is 45.5 Å². The Bertz CT molecular complexity index is 3880. The number of sulfonamides is 2. The largest absolute Gasteiger partial charge is 0.496 e. The highest BCUT2D eigenvalue weighted by molar-refractivity contribution is 7.90. The maximum Gasteiger partial charge on any atom is 0.408 e. The minimum absolute atomic E-state index is 0.00534. The number of nitrogens with zero attached hydrogens (tertiary/aromatic N) is 2. The van der Waals surface area contributed by atoms with E-state index in [1.807, 2.05) is 0 Å². The van der Waals surface area contributed by atoms with Gasteiger partial charge in [-0.3, -0.25) is 38.6 Å². The highest BCUT2D eigenvalue weighted by atomic mass is 32.2. The lowest BCUT2D eigenvalue weighted by Crippen LogP contribution is -2.66. The molecule has 6 amide bonds. The van der Waals surface area contributed by atoms with Crippen LogP contribution in [0.25, 0.3) is 0 Å². The van der Waals surface area contributed by atoms with Gasteiger partial charge in [-0.25, -0.2) is 31.1 Å². The number of nitrogens with two attached hydrogens (primary N) is 1. The molecule has 1 aliphatic heterocycles. The fourth-order valence-corrected chi connectivity index (χ4v) is 13.4.